The summed E-state index contributed by atoms with van der Waals surface area (Å²) in [7, 11) is 0. The van der Waals surface area contributed by atoms with E-state index in [1.807, 2.05) is 13.0 Å². The Hall–Kier alpha value is -0.790. The molecule has 0 bridgehead atoms. The van der Waals surface area contributed by atoms with Gasteiger partial charge >= 0.3 is 0 Å². The number of amides is 1. The van der Waals surface area contributed by atoms with E-state index in [2.05, 4.69) is 6.58 Å². The van der Waals surface area contributed by atoms with Crippen LogP contribution in [0.4, 0.5) is 0 Å². The van der Waals surface area contributed by atoms with E-state index in [1.165, 1.54) is 0 Å². The van der Waals surface area contributed by atoms with Crippen molar-refractivity contribution in [1.82, 2.24) is 0 Å². The Morgan fingerprint density at radius 1 is 1.80 bits per heavy atom. The lowest BCUT2D eigenvalue weighted by Crippen LogP contribution is -2.20. The molecule has 2 nitrogen and oxygen atoms in total. The van der Waals surface area contributed by atoms with Crippen molar-refractivity contribution in [3.8, 4) is 0 Å². The smallest absolute Gasteiger partial charge is 0.220 e. The van der Waals surface area contributed by atoms with Gasteiger partial charge in [0.2, 0.25) is 5.91 Å². The maximum absolute atomic E-state index is 10.5. The molecule has 0 aliphatic carbocycles. The van der Waals surface area contributed by atoms with Crippen molar-refractivity contribution in [2.45, 2.75) is 26.2 Å². The van der Waals surface area contributed by atoms with E-state index >= 15 is 0 Å². The van der Waals surface area contributed by atoms with Gasteiger partial charge in [-0.3, -0.25) is 4.79 Å². The summed E-state index contributed by atoms with van der Waals surface area (Å²) in [5, 5.41) is 0. The van der Waals surface area contributed by atoms with Gasteiger partial charge in [0.05, 0.1) is 0 Å². The van der Waals surface area contributed by atoms with Crippen LogP contribution >= 0.6 is 0 Å². The first kappa shape index (κ1) is 9.21. The highest BCUT2D eigenvalue weighted by molar-refractivity contribution is 5.76. The van der Waals surface area contributed by atoms with Gasteiger partial charge in [-0.25, -0.2) is 0 Å². The first-order valence-corrected chi connectivity index (χ1v) is 3.58. The predicted molar refractivity (Wildman–Crippen MR) is 42.4 cm³/mol. The van der Waals surface area contributed by atoms with Crippen LogP contribution in [-0.4, -0.2) is 5.91 Å². The topological polar surface area (TPSA) is 43.1 Å². The molecule has 2 N–H and O–H groups in total. The Morgan fingerprint density at radius 3 is 2.80 bits per heavy atom. The van der Waals surface area contributed by atoms with Crippen LogP contribution in [0.2, 0.25) is 0 Å². The summed E-state index contributed by atoms with van der Waals surface area (Å²) < 4.78 is 0. The number of carbonyl (C=O) groups excluding carboxylic acids is 1. The summed E-state index contributed by atoms with van der Waals surface area (Å²) in [6.07, 6.45) is 4.71. The lowest BCUT2D eigenvalue weighted by atomic mass is 10.0. The van der Waals surface area contributed by atoms with Crippen LogP contribution in [0.1, 0.15) is 26.2 Å². The van der Waals surface area contributed by atoms with Gasteiger partial charge in [-0.1, -0.05) is 13.0 Å². The quantitative estimate of drug-likeness (QED) is 0.457. The molecule has 1 atom stereocenters. The number of primary amides is 1. The zero-order valence-electron chi connectivity index (χ0n) is 6.47. The van der Waals surface area contributed by atoms with Gasteiger partial charge in [0.15, 0.2) is 0 Å². The Morgan fingerprint density at radius 2 is 2.40 bits per heavy atom. The monoisotopic (exact) mass is 141 g/mol. The van der Waals surface area contributed by atoms with E-state index in [9.17, 15) is 4.79 Å². The number of rotatable bonds is 5. The first-order chi connectivity index (χ1) is 4.68. The lowest BCUT2D eigenvalue weighted by Gasteiger charge is -2.03. The van der Waals surface area contributed by atoms with Crippen LogP contribution in [-0.2, 0) is 4.79 Å². The third-order valence-electron chi connectivity index (χ3n) is 1.53. The predicted octanol–water partition coefficient (Wildman–Crippen LogP) is 1.46. The Labute approximate surface area is 62.1 Å². The summed E-state index contributed by atoms with van der Waals surface area (Å²) in [6, 6.07) is 0. The summed E-state index contributed by atoms with van der Waals surface area (Å²) in [5.41, 5.74) is 5.05. The Bertz CT molecular complexity index is 120. The van der Waals surface area contributed by atoms with Gasteiger partial charge in [0.25, 0.3) is 0 Å². The molecule has 0 spiro atoms. The third-order valence-corrected chi connectivity index (χ3v) is 1.53. The molecule has 0 aromatic rings. The highest BCUT2D eigenvalue weighted by Gasteiger charge is 2.06. The lowest BCUT2D eigenvalue weighted by molar-refractivity contribution is -0.121. The second kappa shape index (κ2) is 5.03. The normalized spacial score (nSPS) is 12.5. The molecule has 0 aromatic heterocycles. The van der Waals surface area contributed by atoms with E-state index in [-0.39, 0.29) is 11.8 Å². The molecule has 0 aromatic carbocycles. The van der Waals surface area contributed by atoms with Crippen molar-refractivity contribution in [3.05, 3.63) is 12.7 Å². The Kier molecular flexibility index (Phi) is 4.63. The highest BCUT2D eigenvalue weighted by Crippen LogP contribution is 2.06. The second-order valence-corrected chi connectivity index (χ2v) is 2.52. The molecule has 0 fully saturated rings. The van der Waals surface area contributed by atoms with E-state index in [4.69, 9.17) is 5.73 Å². The van der Waals surface area contributed by atoms with E-state index in [1.54, 1.807) is 0 Å². The summed E-state index contributed by atoms with van der Waals surface area (Å²) >= 11 is 0. The largest absolute Gasteiger partial charge is 0.369 e. The maximum atomic E-state index is 10.5. The molecule has 1 unspecified atom stereocenters. The molecule has 2 heteroatoms. The van der Waals surface area contributed by atoms with Gasteiger partial charge in [0, 0.05) is 5.92 Å². The fourth-order valence-corrected chi connectivity index (χ4v) is 0.711. The van der Waals surface area contributed by atoms with Crippen molar-refractivity contribution >= 4 is 5.91 Å². The number of hydrogen-bond acceptors (Lipinski definition) is 1. The van der Waals surface area contributed by atoms with E-state index in [0.717, 1.165) is 19.3 Å². The first-order valence-electron chi connectivity index (χ1n) is 3.58. The number of nitrogens with two attached hydrogens (primary N) is 1. The van der Waals surface area contributed by atoms with Gasteiger partial charge in [-0.15, -0.1) is 6.58 Å². The van der Waals surface area contributed by atoms with Crippen molar-refractivity contribution in [2.24, 2.45) is 11.7 Å². The fourth-order valence-electron chi connectivity index (χ4n) is 0.711. The summed E-state index contributed by atoms with van der Waals surface area (Å²) in [5.74, 6) is -0.191. The minimum atomic E-state index is -0.205. The third kappa shape index (κ3) is 4.13. The molecule has 0 radical (unpaired) electrons. The molecule has 1 amide bonds. The average Bonchev–Trinajstić information content (AvgIpc) is 1.88. The van der Waals surface area contributed by atoms with Gasteiger partial charge in [0.1, 0.15) is 0 Å². The van der Waals surface area contributed by atoms with Gasteiger partial charge in [-0.05, 0) is 19.3 Å². The SMILES string of the molecule is C=CCCCC(C)C(N)=O. The van der Waals surface area contributed by atoms with Crippen LogP contribution in [0.15, 0.2) is 12.7 Å². The second-order valence-electron chi connectivity index (χ2n) is 2.52. The van der Waals surface area contributed by atoms with Crippen LogP contribution in [0.5, 0.6) is 0 Å². The number of allylic oxidation sites excluding steroid dienone is 1. The molecule has 0 aliphatic heterocycles. The van der Waals surface area contributed by atoms with Crippen LogP contribution in [0.3, 0.4) is 0 Å². The molecule has 0 saturated heterocycles. The molecular formula is C8H15NO. The molecular weight excluding hydrogens is 126 g/mol. The van der Waals surface area contributed by atoms with E-state index in [0.29, 0.717) is 0 Å². The fraction of sp³-hybridized carbons (Fsp3) is 0.625. The van der Waals surface area contributed by atoms with E-state index < -0.39 is 0 Å². The van der Waals surface area contributed by atoms with Crippen LogP contribution in [0, 0.1) is 5.92 Å². The minimum absolute atomic E-state index is 0.0138. The van der Waals surface area contributed by atoms with Crippen molar-refractivity contribution < 1.29 is 4.79 Å². The molecule has 0 saturated carbocycles. The molecule has 58 valence electrons. The van der Waals surface area contributed by atoms with Crippen LogP contribution in [0.25, 0.3) is 0 Å². The zero-order chi connectivity index (χ0) is 7.98. The molecule has 0 heterocycles. The van der Waals surface area contributed by atoms with Gasteiger partial charge < -0.3 is 5.73 Å². The average molecular weight is 141 g/mol. The molecule has 0 aliphatic rings. The van der Waals surface area contributed by atoms with Crippen molar-refractivity contribution in [2.75, 3.05) is 0 Å². The van der Waals surface area contributed by atoms with Crippen molar-refractivity contribution in [3.63, 3.8) is 0 Å². The molecule has 10 heavy (non-hydrogen) atoms. The minimum Gasteiger partial charge on any atom is -0.369 e. The van der Waals surface area contributed by atoms with Crippen molar-refractivity contribution in [1.29, 1.82) is 0 Å². The standard InChI is InChI=1S/C8H15NO/c1-3-4-5-6-7(2)8(9)10/h3,7H,1,4-6H2,2H3,(H2,9,10). The summed E-state index contributed by atoms with van der Waals surface area (Å²) in [6.45, 7) is 5.44. The number of carbonyl (C=O) groups is 1. The molecule has 0 rings (SSSR count). The van der Waals surface area contributed by atoms with Gasteiger partial charge in [-0.2, -0.15) is 0 Å². The Balaban J connectivity index is 3.30. The number of unbranched alkanes of at least 4 members (excludes halogenated alkanes) is 1. The highest BCUT2D eigenvalue weighted by atomic mass is 16.1. The van der Waals surface area contributed by atoms with Crippen LogP contribution < -0.4 is 5.73 Å². The maximum Gasteiger partial charge on any atom is 0.220 e. The zero-order valence-corrected chi connectivity index (χ0v) is 6.47. The number of hydrogen-bond donors (Lipinski definition) is 1. The summed E-state index contributed by atoms with van der Waals surface area (Å²) in [4.78, 5) is 10.5.